The van der Waals surface area contributed by atoms with E-state index in [4.69, 9.17) is 0 Å². The van der Waals surface area contributed by atoms with Crippen molar-refractivity contribution in [2.75, 3.05) is 4.90 Å². The van der Waals surface area contributed by atoms with Gasteiger partial charge in [-0.3, -0.25) is 0 Å². The summed E-state index contributed by atoms with van der Waals surface area (Å²) >= 11 is 0. The highest BCUT2D eigenvalue weighted by molar-refractivity contribution is 6.23. The van der Waals surface area contributed by atoms with Gasteiger partial charge in [-0.2, -0.15) is 0 Å². The topological polar surface area (TPSA) is 13.1 Å². The van der Waals surface area contributed by atoms with Crippen LogP contribution in [-0.4, -0.2) is 9.13 Å². The Labute approximate surface area is 284 Å². The second-order valence-electron chi connectivity index (χ2n) is 12.6. The van der Waals surface area contributed by atoms with Crippen molar-refractivity contribution >= 4 is 71.4 Å². The van der Waals surface area contributed by atoms with Gasteiger partial charge >= 0.3 is 0 Å². The van der Waals surface area contributed by atoms with E-state index in [0.29, 0.717) is 0 Å². The molecule has 0 spiro atoms. The first-order valence-electron chi connectivity index (χ1n) is 16.8. The zero-order valence-electron chi connectivity index (χ0n) is 26.7. The summed E-state index contributed by atoms with van der Waals surface area (Å²) in [6.45, 7) is 0. The fourth-order valence-corrected chi connectivity index (χ4v) is 7.71. The first-order chi connectivity index (χ1) is 24.3. The number of rotatable bonds is 5. The van der Waals surface area contributed by atoms with E-state index in [-0.39, 0.29) is 0 Å². The summed E-state index contributed by atoms with van der Waals surface area (Å²) < 4.78 is 4.88. The van der Waals surface area contributed by atoms with Crippen LogP contribution in [-0.2, 0) is 0 Å². The van der Waals surface area contributed by atoms with Gasteiger partial charge in [0.1, 0.15) is 0 Å². The predicted molar refractivity (Wildman–Crippen MR) is 207 cm³/mol. The van der Waals surface area contributed by atoms with Gasteiger partial charge in [0.25, 0.3) is 0 Å². The number of fused-ring (bicyclic) bond motifs is 8. The van der Waals surface area contributed by atoms with Crippen molar-refractivity contribution in [3.05, 3.63) is 188 Å². The van der Waals surface area contributed by atoms with Gasteiger partial charge in [0.15, 0.2) is 0 Å². The Morgan fingerprint density at radius 2 is 0.837 bits per heavy atom. The average Bonchev–Trinajstić information content (AvgIpc) is 3.68. The monoisotopic (exact) mass is 625 g/mol. The second-order valence-corrected chi connectivity index (χ2v) is 12.6. The molecule has 0 aliphatic heterocycles. The molecular weight excluding hydrogens is 595 g/mol. The second kappa shape index (κ2) is 11.0. The molecule has 8 aromatic carbocycles. The summed E-state index contributed by atoms with van der Waals surface area (Å²) in [7, 11) is 0. The van der Waals surface area contributed by atoms with E-state index in [1.54, 1.807) is 0 Å². The number of anilines is 3. The van der Waals surface area contributed by atoms with Crippen molar-refractivity contribution in [2.24, 2.45) is 0 Å². The van der Waals surface area contributed by atoms with E-state index in [1.165, 1.54) is 54.4 Å². The first kappa shape index (κ1) is 27.5. The van der Waals surface area contributed by atoms with Crippen LogP contribution in [0.2, 0.25) is 0 Å². The maximum atomic E-state index is 2.45. The standard InChI is InChI=1S/C46H31N3/c1-4-15-33(16-5-1)47(34-17-6-2-7-18-34)36-25-27-37(28-26-36)48-43-23-13-12-22-39(43)41-30-42-40-29-24-32-14-10-11-21-38(32)46(40)49(45(42)31-44(41)48)35-19-8-3-9-20-35/h1-31H. The molecule has 3 heteroatoms. The lowest BCUT2D eigenvalue weighted by atomic mass is 10.0. The minimum atomic E-state index is 1.11. The Bertz CT molecular complexity index is 2750. The highest BCUT2D eigenvalue weighted by Gasteiger charge is 2.20. The molecule has 2 heterocycles. The van der Waals surface area contributed by atoms with Crippen LogP contribution in [0.5, 0.6) is 0 Å². The Hall–Kier alpha value is -6.58. The van der Waals surface area contributed by atoms with Gasteiger partial charge in [-0.05, 0) is 84.2 Å². The molecule has 0 unspecified atom stereocenters. The number of hydrogen-bond acceptors (Lipinski definition) is 1. The predicted octanol–water partition coefficient (Wildman–Crippen LogP) is 12.5. The van der Waals surface area contributed by atoms with E-state index >= 15 is 0 Å². The number of benzene rings is 8. The minimum absolute atomic E-state index is 1.11. The summed E-state index contributed by atoms with van der Waals surface area (Å²) in [6, 6.07) is 67.8. The maximum Gasteiger partial charge on any atom is 0.0619 e. The third-order valence-electron chi connectivity index (χ3n) is 9.85. The van der Waals surface area contributed by atoms with Crippen LogP contribution in [0, 0.1) is 0 Å². The quantitative estimate of drug-likeness (QED) is 0.185. The molecule has 10 aromatic rings. The van der Waals surface area contributed by atoms with Crippen molar-refractivity contribution in [2.45, 2.75) is 0 Å². The highest BCUT2D eigenvalue weighted by Crippen LogP contribution is 2.42. The van der Waals surface area contributed by atoms with E-state index in [1.807, 2.05) is 0 Å². The van der Waals surface area contributed by atoms with Gasteiger partial charge in [-0.1, -0.05) is 109 Å². The third-order valence-corrected chi connectivity index (χ3v) is 9.85. The number of aromatic nitrogens is 2. The molecule has 0 aliphatic rings. The lowest BCUT2D eigenvalue weighted by Gasteiger charge is -2.25. The number of hydrogen-bond donors (Lipinski definition) is 0. The molecule has 0 aliphatic carbocycles. The molecule has 3 nitrogen and oxygen atoms in total. The van der Waals surface area contributed by atoms with Crippen LogP contribution in [0.4, 0.5) is 17.1 Å². The van der Waals surface area contributed by atoms with Crippen LogP contribution < -0.4 is 4.90 Å². The van der Waals surface area contributed by atoms with Crippen molar-refractivity contribution in [1.29, 1.82) is 0 Å². The van der Waals surface area contributed by atoms with Crippen LogP contribution in [0.15, 0.2) is 188 Å². The zero-order valence-corrected chi connectivity index (χ0v) is 26.7. The van der Waals surface area contributed by atoms with E-state index in [0.717, 1.165) is 28.4 Å². The summed E-state index contributed by atoms with van der Waals surface area (Å²) in [4.78, 5) is 2.31. The van der Waals surface area contributed by atoms with Gasteiger partial charge in [-0.15, -0.1) is 0 Å². The summed E-state index contributed by atoms with van der Waals surface area (Å²) in [5.41, 5.74) is 10.5. The Morgan fingerprint density at radius 1 is 0.306 bits per heavy atom. The third kappa shape index (κ3) is 4.29. The van der Waals surface area contributed by atoms with E-state index in [2.05, 4.69) is 202 Å². The van der Waals surface area contributed by atoms with Crippen molar-refractivity contribution < 1.29 is 0 Å². The number of nitrogens with zero attached hydrogens (tertiary/aromatic N) is 3. The molecule has 0 bridgehead atoms. The van der Waals surface area contributed by atoms with Gasteiger partial charge < -0.3 is 14.0 Å². The molecule has 2 aromatic heterocycles. The molecule has 230 valence electrons. The smallest absolute Gasteiger partial charge is 0.0619 e. The molecule has 0 saturated heterocycles. The van der Waals surface area contributed by atoms with E-state index < -0.39 is 0 Å². The van der Waals surface area contributed by atoms with Crippen LogP contribution >= 0.6 is 0 Å². The van der Waals surface area contributed by atoms with Crippen LogP contribution in [0.3, 0.4) is 0 Å². The summed E-state index contributed by atoms with van der Waals surface area (Å²) in [6.07, 6.45) is 0. The normalized spacial score (nSPS) is 11.7. The molecule has 49 heavy (non-hydrogen) atoms. The molecule has 10 rings (SSSR count). The van der Waals surface area contributed by atoms with Crippen LogP contribution in [0.1, 0.15) is 0 Å². The summed E-state index contributed by atoms with van der Waals surface area (Å²) in [5, 5.41) is 7.53. The summed E-state index contributed by atoms with van der Waals surface area (Å²) in [5.74, 6) is 0. The van der Waals surface area contributed by atoms with Crippen molar-refractivity contribution in [1.82, 2.24) is 9.13 Å². The highest BCUT2D eigenvalue weighted by atomic mass is 15.1. The molecule has 0 radical (unpaired) electrons. The Kier molecular flexibility index (Phi) is 6.18. The molecule has 0 atom stereocenters. The Morgan fingerprint density at radius 3 is 1.55 bits per heavy atom. The SMILES string of the molecule is c1ccc(N(c2ccccc2)c2ccc(-n3c4ccccc4c4cc5c6ccc7ccccc7c6n(-c6ccccc6)c5cc43)cc2)cc1. The van der Waals surface area contributed by atoms with E-state index in [9.17, 15) is 0 Å². The minimum Gasteiger partial charge on any atom is -0.311 e. The fraction of sp³-hybridized carbons (Fsp3) is 0. The van der Waals surface area contributed by atoms with Crippen molar-refractivity contribution in [3.8, 4) is 11.4 Å². The largest absolute Gasteiger partial charge is 0.311 e. The average molecular weight is 626 g/mol. The van der Waals surface area contributed by atoms with Crippen molar-refractivity contribution in [3.63, 3.8) is 0 Å². The molecule has 0 amide bonds. The molecular formula is C46H31N3. The number of para-hydroxylation sites is 4. The molecule has 0 N–H and O–H groups in total. The van der Waals surface area contributed by atoms with Gasteiger partial charge in [0.05, 0.1) is 22.1 Å². The zero-order chi connectivity index (χ0) is 32.3. The van der Waals surface area contributed by atoms with Gasteiger partial charge in [0, 0.05) is 55.4 Å². The lowest BCUT2D eigenvalue weighted by molar-refractivity contribution is 1.16. The fourth-order valence-electron chi connectivity index (χ4n) is 7.71. The van der Waals surface area contributed by atoms with Gasteiger partial charge in [-0.25, -0.2) is 0 Å². The maximum absolute atomic E-state index is 2.45. The van der Waals surface area contributed by atoms with Gasteiger partial charge in [0.2, 0.25) is 0 Å². The Balaban J connectivity index is 1.24. The van der Waals surface area contributed by atoms with Crippen LogP contribution in [0.25, 0.3) is 65.8 Å². The molecule has 0 fully saturated rings. The first-order valence-corrected chi connectivity index (χ1v) is 16.8. The molecule has 0 saturated carbocycles. The lowest BCUT2D eigenvalue weighted by Crippen LogP contribution is -2.09.